The summed E-state index contributed by atoms with van der Waals surface area (Å²) in [4.78, 5) is 11.2. The number of carbonyl (C=O) groups excluding carboxylic acids is 1. The normalized spacial score (nSPS) is 21.1. The lowest BCUT2D eigenvalue weighted by Gasteiger charge is -1.96. The minimum Gasteiger partial charge on any atom is -0.399 e. The lowest BCUT2D eigenvalue weighted by Crippen LogP contribution is -2.13. The van der Waals surface area contributed by atoms with Crippen LogP contribution in [0.25, 0.3) is 0 Å². The Morgan fingerprint density at radius 2 is 2.25 bits per heavy atom. The Morgan fingerprint density at radius 3 is 3.00 bits per heavy atom. The first-order valence-electron chi connectivity index (χ1n) is 3.79. The maximum Gasteiger partial charge on any atom is 0.191 e. The average molecular weight is 163 g/mol. The zero-order valence-corrected chi connectivity index (χ0v) is 6.45. The summed E-state index contributed by atoms with van der Waals surface area (Å²) in [6.45, 7) is 0. The third-order valence-corrected chi connectivity index (χ3v) is 2.11. The lowest BCUT2D eigenvalue weighted by atomic mass is 10.1. The van der Waals surface area contributed by atoms with Crippen molar-refractivity contribution in [2.75, 3.05) is 5.73 Å². The topological polar surface area (TPSA) is 63.3 Å². The van der Waals surface area contributed by atoms with E-state index in [1.54, 1.807) is 18.2 Å². The number of nitrogens with two attached hydrogens (primary N) is 1. The molecule has 0 spiro atoms. The number of hydrogen-bond acceptors (Lipinski definition) is 3. The van der Waals surface area contributed by atoms with Crippen LogP contribution in [0, 0.1) is 0 Å². The highest BCUT2D eigenvalue weighted by atomic mass is 16.3. The SMILES string of the molecule is Nc1ccc2c(c1)CC(O)C2=O. The second kappa shape index (κ2) is 2.32. The number of nitrogen functional groups attached to an aromatic ring is 1. The van der Waals surface area contributed by atoms with E-state index < -0.39 is 6.10 Å². The summed E-state index contributed by atoms with van der Waals surface area (Å²) in [7, 11) is 0. The van der Waals surface area contributed by atoms with E-state index in [4.69, 9.17) is 5.73 Å². The molecule has 3 N–H and O–H groups in total. The molecule has 3 heteroatoms. The van der Waals surface area contributed by atoms with Crippen molar-refractivity contribution in [2.24, 2.45) is 0 Å². The number of anilines is 1. The first-order chi connectivity index (χ1) is 5.68. The molecule has 0 bridgehead atoms. The summed E-state index contributed by atoms with van der Waals surface area (Å²) in [5, 5.41) is 9.22. The standard InChI is InChI=1S/C9H9NO2/c10-6-1-2-7-5(3-6)4-8(11)9(7)12/h1-3,8,11H,4,10H2. The summed E-state index contributed by atoms with van der Waals surface area (Å²) in [5.74, 6) is -0.190. The predicted octanol–water partition coefficient (Wildman–Crippen LogP) is 0.369. The second-order valence-electron chi connectivity index (χ2n) is 3.00. The zero-order chi connectivity index (χ0) is 8.72. The predicted molar refractivity (Wildman–Crippen MR) is 44.9 cm³/mol. The van der Waals surface area contributed by atoms with Gasteiger partial charge in [-0.1, -0.05) is 0 Å². The number of rotatable bonds is 0. The van der Waals surface area contributed by atoms with Crippen LogP contribution in [0.3, 0.4) is 0 Å². The van der Waals surface area contributed by atoms with Crippen LogP contribution in [0.5, 0.6) is 0 Å². The Balaban J connectivity index is 2.54. The molecule has 1 aliphatic rings. The molecule has 0 amide bonds. The van der Waals surface area contributed by atoms with Crippen LogP contribution in [-0.4, -0.2) is 17.0 Å². The number of benzene rings is 1. The fourth-order valence-electron chi connectivity index (χ4n) is 1.50. The molecule has 0 aromatic heterocycles. The highest BCUT2D eigenvalue weighted by Gasteiger charge is 2.28. The molecule has 1 atom stereocenters. The maximum atomic E-state index is 11.2. The van der Waals surface area contributed by atoms with Crippen LogP contribution in [-0.2, 0) is 6.42 Å². The van der Waals surface area contributed by atoms with Crippen LogP contribution < -0.4 is 5.73 Å². The molecular weight excluding hydrogens is 154 g/mol. The number of fused-ring (bicyclic) bond motifs is 1. The van der Waals surface area contributed by atoms with Gasteiger partial charge in [0.2, 0.25) is 0 Å². The summed E-state index contributed by atoms with van der Waals surface area (Å²) in [6, 6.07) is 5.08. The third kappa shape index (κ3) is 0.905. The van der Waals surface area contributed by atoms with Gasteiger partial charge < -0.3 is 10.8 Å². The van der Waals surface area contributed by atoms with Gasteiger partial charge in [-0.2, -0.15) is 0 Å². The van der Waals surface area contributed by atoms with Crippen molar-refractivity contribution in [1.29, 1.82) is 0 Å². The molecule has 12 heavy (non-hydrogen) atoms. The molecule has 3 nitrogen and oxygen atoms in total. The van der Waals surface area contributed by atoms with Crippen molar-refractivity contribution >= 4 is 11.5 Å². The monoisotopic (exact) mass is 163 g/mol. The van der Waals surface area contributed by atoms with Crippen LogP contribution in [0.2, 0.25) is 0 Å². The van der Waals surface area contributed by atoms with E-state index in [2.05, 4.69) is 0 Å². The Bertz CT molecular complexity index is 346. The molecule has 0 fully saturated rings. The molecule has 0 saturated carbocycles. The van der Waals surface area contributed by atoms with Gasteiger partial charge in [0.1, 0.15) is 6.10 Å². The molecule has 0 aliphatic heterocycles. The third-order valence-electron chi connectivity index (χ3n) is 2.11. The van der Waals surface area contributed by atoms with Crippen LogP contribution in [0.4, 0.5) is 5.69 Å². The van der Waals surface area contributed by atoms with Crippen molar-refractivity contribution in [3.05, 3.63) is 29.3 Å². The molecule has 2 rings (SSSR count). The highest BCUT2D eigenvalue weighted by Crippen LogP contribution is 2.23. The molecule has 0 radical (unpaired) electrons. The van der Waals surface area contributed by atoms with Gasteiger partial charge in [-0.3, -0.25) is 4.79 Å². The van der Waals surface area contributed by atoms with E-state index in [-0.39, 0.29) is 5.78 Å². The molecule has 0 saturated heterocycles. The van der Waals surface area contributed by atoms with Crippen molar-refractivity contribution in [2.45, 2.75) is 12.5 Å². The number of hydrogen-bond donors (Lipinski definition) is 2. The molecule has 1 unspecified atom stereocenters. The van der Waals surface area contributed by atoms with E-state index in [9.17, 15) is 9.90 Å². The van der Waals surface area contributed by atoms with Crippen molar-refractivity contribution in [3.63, 3.8) is 0 Å². The second-order valence-corrected chi connectivity index (χ2v) is 3.00. The van der Waals surface area contributed by atoms with Crippen LogP contribution in [0.1, 0.15) is 15.9 Å². The minimum absolute atomic E-state index is 0.190. The number of ketones is 1. The maximum absolute atomic E-state index is 11.2. The number of Topliss-reactive ketones (excluding diaryl/α,β-unsaturated/α-hetero) is 1. The van der Waals surface area contributed by atoms with Gasteiger partial charge in [-0.15, -0.1) is 0 Å². The van der Waals surface area contributed by atoms with Crippen LogP contribution >= 0.6 is 0 Å². The van der Waals surface area contributed by atoms with E-state index >= 15 is 0 Å². The van der Waals surface area contributed by atoms with E-state index in [0.29, 0.717) is 17.7 Å². The Kier molecular flexibility index (Phi) is 1.41. The molecule has 1 aromatic rings. The zero-order valence-electron chi connectivity index (χ0n) is 6.45. The highest BCUT2D eigenvalue weighted by molar-refractivity contribution is 6.04. The average Bonchev–Trinajstić information content (AvgIpc) is 2.28. The largest absolute Gasteiger partial charge is 0.399 e. The number of aliphatic hydroxyl groups excluding tert-OH is 1. The van der Waals surface area contributed by atoms with Crippen molar-refractivity contribution in [1.82, 2.24) is 0 Å². The Labute approximate surface area is 69.8 Å². The minimum atomic E-state index is -0.859. The fraction of sp³-hybridized carbons (Fsp3) is 0.222. The number of carbonyl (C=O) groups is 1. The van der Waals surface area contributed by atoms with Gasteiger partial charge in [0.25, 0.3) is 0 Å². The van der Waals surface area contributed by atoms with E-state index in [1.807, 2.05) is 0 Å². The van der Waals surface area contributed by atoms with Gasteiger partial charge in [0, 0.05) is 17.7 Å². The van der Waals surface area contributed by atoms with Crippen LogP contribution in [0.15, 0.2) is 18.2 Å². The van der Waals surface area contributed by atoms with Crippen molar-refractivity contribution in [3.8, 4) is 0 Å². The Hall–Kier alpha value is -1.35. The summed E-state index contributed by atoms with van der Waals surface area (Å²) in [6.07, 6.45) is -0.457. The van der Waals surface area contributed by atoms with Gasteiger partial charge in [0.15, 0.2) is 5.78 Å². The number of aliphatic hydroxyl groups is 1. The molecule has 0 heterocycles. The van der Waals surface area contributed by atoms with E-state index in [0.717, 1.165) is 5.56 Å². The van der Waals surface area contributed by atoms with Gasteiger partial charge >= 0.3 is 0 Å². The first-order valence-corrected chi connectivity index (χ1v) is 3.79. The van der Waals surface area contributed by atoms with Gasteiger partial charge in [0.05, 0.1) is 0 Å². The Morgan fingerprint density at radius 1 is 1.50 bits per heavy atom. The first kappa shape index (κ1) is 7.31. The quantitative estimate of drug-likeness (QED) is 0.543. The lowest BCUT2D eigenvalue weighted by molar-refractivity contribution is 0.0780. The molecule has 1 aromatic carbocycles. The summed E-state index contributed by atoms with van der Waals surface area (Å²) in [5.41, 5.74) is 7.63. The molecule has 62 valence electrons. The smallest absolute Gasteiger partial charge is 0.191 e. The summed E-state index contributed by atoms with van der Waals surface area (Å²) < 4.78 is 0. The summed E-state index contributed by atoms with van der Waals surface area (Å²) >= 11 is 0. The fourth-order valence-corrected chi connectivity index (χ4v) is 1.50. The van der Waals surface area contributed by atoms with Crippen molar-refractivity contribution < 1.29 is 9.90 Å². The van der Waals surface area contributed by atoms with Gasteiger partial charge in [-0.25, -0.2) is 0 Å². The van der Waals surface area contributed by atoms with E-state index in [1.165, 1.54) is 0 Å². The van der Waals surface area contributed by atoms with Gasteiger partial charge in [-0.05, 0) is 23.8 Å². The molecular formula is C9H9NO2. The molecule has 1 aliphatic carbocycles.